The molecule has 1 saturated heterocycles. The van der Waals surface area contributed by atoms with Crippen molar-refractivity contribution in [3.63, 3.8) is 0 Å². The molecule has 0 unspecified atom stereocenters. The molecule has 0 radical (unpaired) electrons. The number of likely N-dealkylation sites (N-methyl/N-ethyl adjacent to an activating group) is 1. The first-order valence-electron chi connectivity index (χ1n) is 8.12. The van der Waals surface area contributed by atoms with Crippen LogP contribution in [0.1, 0.15) is 30.1 Å². The number of nitrogen functional groups attached to an aromatic ring is 1. The Bertz CT molecular complexity index is 900. The van der Waals surface area contributed by atoms with Crippen molar-refractivity contribution in [3.05, 3.63) is 26.4 Å². The fourth-order valence-electron chi connectivity index (χ4n) is 3.04. The third-order valence-corrected chi connectivity index (χ3v) is 6.28. The average Bonchev–Trinajstić information content (AvgIpc) is 2.90. The first-order valence-corrected chi connectivity index (χ1v) is 9.94. The summed E-state index contributed by atoms with van der Waals surface area (Å²) in [6, 6.07) is -0.263. The number of anilines is 1. The molecule has 0 spiro atoms. The molecule has 2 heterocycles. The first-order chi connectivity index (χ1) is 11.6. The number of carbonyl (C=O) groups is 1. The van der Waals surface area contributed by atoms with Crippen molar-refractivity contribution in [2.24, 2.45) is 7.05 Å². The monoisotopic (exact) mass is 372 g/mol. The van der Waals surface area contributed by atoms with Crippen LogP contribution in [0.4, 0.5) is 5.82 Å². The molecule has 1 aromatic rings. The fraction of sp³-hybridized carbons (Fsp3) is 0.667. The molecule has 2 rings (SSSR count). The minimum Gasteiger partial charge on any atom is -0.384 e. The van der Waals surface area contributed by atoms with Gasteiger partial charge in [-0.3, -0.25) is 23.6 Å². The summed E-state index contributed by atoms with van der Waals surface area (Å²) in [5, 5.41) is 0. The normalized spacial score (nSPS) is 19.4. The molecule has 25 heavy (non-hydrogen) atoms. The maximum absolute atomic E-state index is 12.6. The number of Topliss-reactive ketones (excluding diaryl/α,β-unsaturated/α-hetero) is 1. The number of nitrogens with two attached hydrogens (primary N) is 1. The van der Waals surface area contributed by atoms with Crippen LogP contribution in [0.2, 0.25) is 0 Å². The second-order valence-electron chi connectivity index (χ2n) is 6.45. The lowest BCUT2D eigenvalue weighted by Gasteiger charge is -2.22. The van der Waals surface area contributed by atoms with Crippen LogP contribution in [0, 0.1) is 0 Å². The molecule has 9 nitrogen and oxygen atoms in total. The summed E-state index contributed by atoms with van der Waals surface area (Å²) in [4.78, 5) is 38.7. The Balaban J connectivity index is 2.33. The number of hydrogen-bond donors (Lipinski definition) is 1. The quantitative estimate of drug-likeness (QED) is 0.625. The summed E-state index contributed by atoms with van der Waals surface area (Å²) in [7, 11) is -0.122. The molecule has 1 fully saturated rings. The van der Waals surface area contributed by atoms with Gasteiger partial charge in [-0.2, -0.15) is 0 Å². The first kappa shape index (κ1) is 19.4. The van der Waals surface area contributed by atoms with Gasteiger partial charge in [0, 0.05) is 19.6 Å². The van der Waals surface area contributed by atoms with Gasteiger partial charge in [0.2, 0.25) is 0 Å². The van der Waals surface area contributed by atoms with Crippen molar-refractivity contribution < 1.29 is 13.2 Å². The largest absolute Gasteiger partial charge is 0.384 e. The average molecular weight is 372 g/mol. The van der Waals surface area contributed by atoms with E-state index in [1.54, 1.807) is 11.9 Å². The van der Waals surface area contributed by atoms with Crippen LogP contribution in [0.3, 0.4) is 0 Å². The van der Waals surface area contributed by atoms with E-state index in [4.69, 9.17) is 5.73 Å². The Morgan fingerprint density at radius 3 is 2.52 bits per heavy atom. The smallest absolute Gasteiger partial charge is 0.332 e. The van der Waals surface area contributed by atoms with Crippen molar-refractivity contribution >= 4 is 21.4 Å². The highest BCUT2D eigenvalue weighted by atomic mass is 32.2. The van der Waals surface area contributed by atoms with Crippen LogP contribution in [0.25, 0.3) is 0 Å². The van der Waals surface area contributed by atoms with Gasteiger partial charge in [0.1, 0.15) is 11.4 Å². The van der Waals surface area contributed by atoms with Crippen molar-refractivity contribution in [2.75, 3.05) is 30.8 Å². The summed E-state index contributed by atoms with van der Waals surface area (Å²) in [6.07, 6.45) is 1.07. The van der Waals surface area contributed by atoms with Gasteiger partial charge in [-0.15, -0.1) is 0 Å². The van der Waals surface area contributed by atoms with Crippen LogP contribution in [0.5, 0.6) is 0 Å². The van der Waals surface area contributed by atoms with Crippen molar-refractivity contribution in [2.45, 2.75) is 32.4 Å². The molecule has 2 N–H and O–H groups in total. The molecule has 0 bridgehead atoms. The molecular weight excluding hydrogens is 348 g/mol. The molecule has 1 aliphatic heterocycles. The second kappa shape index (κ2) is 7.12. The van der Waals surface area contributed by atoms with Gasteiger partial charge in [-0.05, 0) is 19.9 Å². The van der Waals surface area contributed by atoms with Crippen LogP contribution in [-0.2, 0) is 23.4 Å². The summed E-state index contributed by atoms with van der Waals surface area (Å²) >= 11 is 0. The van der Waals surface area contributed by atoms with Crippen LogP contribution >= 0.6 is 0 Å². The molecule has 0 aliphatic carbocycles. The van der Waals surface area contributed by atoms with Gasteiger partial charge in [0.05, 0.1) is 18.1 Å². The van der Waals surface area contributed by atoms with Gasteiger partial charge >= 0.3 is 5.69 Å². The number of aromatic nitrogens is 2. The molecule has 1 atom stereocenters. The third kappa shape index (κ3) is 3.84. The number of ketones is 1. The molecule has 0 amide bonds. The summed E-state index contributed by atoms with van der Waals surface area (Å²) in [5.41, 5.74) is 4.42. The zero-order valence-corrected chi connectivity index (χ0v) is 15.5. The van der Waals surface area contributed by atoms with Gasteiger partial charge < -0.3 is 5.73 Å². The number of carbonyl (C=O) groups excluding carboxylic acids is 1. The highest BCUT2D eigenvalue weighted by Gasteiger charge is 2.32. The van der Waals surface area contributed by atoms with Crippen molar-refractivity contribution in [1.82, 2.24) is 14.0 Å². The van der Waals surface area contributed by atoms with E-state index in [2.05, 4.69) is 0 Å². The minimum absolute atomic E-state index is 0.000392. The van der Waals surface area contributed by atoms with Gasteiger partial charge in [0.25, 0.3) is 5.56 Å². The van der Waals surface area contributed by atoms with E-state index in [9.17, 15) is 22.8 Å². The molecule has 1 aliphatic rings. The second-order valence-corrected chi connectivity index (χ2v) is 8.68. The van der Waals surface area contributed by atoms with Crippen LogP contribution in [-0.4, -0.2) is 59.4 Å². The maximum atomic E-state index is 12.6. The summed E-state index contributed by atoms with van der Waals surface area (Å²) in [6.45, 7) is 2.02. The fourth-order valence-corrected chi connectivity index (χ4v) is 4.85. The topological polar surface area (TPSA) is 124 Å². The number of sulfone groups is 1. The van der Waals surface area contributed by atoms with E-state index in [1.165, 1.54) is 11.6 Å². The minimum atomic E-state index is -3.07. The Hall–Kier alpha value is -1.94. The lowest BCUT2D eigenvalue weighted by molar-refractivity contribution is 0.0924. The highest BCUT2D eigenvalue weighted by Crippen LogP contribution is 2.17. The molecule has 1 aromatic heterocycles. The van der Waals surface area contributed by atoms with Crippen LogP contribution in [0.15, 0.2) is 9.59 Å². The highest BCUT2D eigenvalue weighted by molar-refractivity contribution is 7.91. The van der Waals surface area contributed by atoms with Gasteiger partial charge in [-0.1, -0.05) is 6.92 Å². The summed E-state index contributed by atoms with van der Waals surface area (Å²) < 4.78 is 25.3. The SMILES string of the molecule is CCCn1c(N)c(C(=O)CN(C)[C@@H]2CCS(=O)(=O)C2)c(=O)n(C)c1=O. The lowest BCUT2D eigenvalue weighted by atomic mass is 10.1. The van der Waals surface area contributed by atoms with Gasteiger partial charge in [-0.25, -0.2) is 13.2 Å². The van der Waals surface area contributed by atoms with E-state index in [0.29, 0.717) is 19.4 Å². The zero-order chi connectivity index (χ0) is 18.9. The Morgan fingerprint density at radius 2 is 2.00 bits per heavy atom. The van der Waals surface area contributed by atoms with E-state index in [0.717, 1.165) is 4.57 Å². The Labute approximate surface area is 146 Å². The predicted molar refractivity (Wildman–Crippen MR) is 94.7 cm³/mol. The maximum Gasteiger partial charge on any atom is 0.332 e. The van der Waals surface area contributed by atoms with E-state index in [1.807, 2.05) is 6.92 Å². The van der Waals surface area contributed by atoms with Crippen LogP contribution < -0.4 is 17.0 Å². The predicted octanol–water partition coefficient (Wildman–Crippen LogP) is -1.16. The van der Waals surface area contributed by atoms with E-state index >= 15 is 0 Å². The Kier molecular flexibility index (Phi) is 5.52. The standard InChI is InChI=1S/C15H24N4O5S/c1-4-6-19-13(16)12(14(21)18(3)15(19)22)11(20)8-17(2)10-5-7-25(23,24)9-10/h10H,4-9,16H2,1-3H3/t10-/m1/s1. The van der Waals surface area contributed by atoms with E-state index in [-0.39, 0.29) is 35.5 Å². The van der Waals surface area contributed by atoms with Crippen molar-refractivity contribution in [3.8, 4) is 0 Å². The zero-order valence-electron chi connectivity index (χ0n) is 14.7. The molecule has 0 aromatic carbocycles. The molecular formula is C15H24N4O5S. The lowest BCUT2D eigenvalue weighted by Crippen LogP contribution is -2.45. The number of rotatable bonds is 6. The Morgan fingerprint density at radius 1 is 1.36 bits per heavy atom. The third-order valence-electron chi connectivity index (χ3n) is 4.53. The van der Waals surface area contributed by atoms with E-state index < -0.39 is 26.9 Å². The summed E-state index contributed by atoms with van der Waals surface area (Å²) in [5.74, 6) is -0.552. The van der Waals surface area contributed by atoms with Crippen molar-refractivity contribution in [1.29, 1.82) is 0 Å². The van der Waals surface area contributed by atoms with Gasteiger partial charge in [0.15, 0.2) is 15.6 Å². The number of hydrogen-bond acceptors (Lipinski definition) is 7. The molecule has 10 heteroatoms. The number of nitrogens with zero attached hydrogens (tertiary/aromatic N) is 3. The molecule has 140 valence electrons. The molecule has 0 saturated carbocycles.